The molecule has 6 nitrogen and oxygen atoms in total. The van der Waals surface area contributed by atoms with Crippen molar-refractivity contribution in [2.24, 2.45) is 10.7 Å². The number of fused-ring (bicyclic) bond motifs is 1. The second-order valence-electron chi connectivity index (χ2n) is 5.86. The summed E-state index contributed by atoms with van der Waals surface area (Å²) in [7, 11) is 0. The van der Waals surface area contributed by atoms with Gasteiger partial charge in [0.25, 0.3) is 5.69 Å². The first-order chi connectivity index (χ1) is 11.6. The number of halogens is 1. The molecule has 0 atom stereocenters. The van der Waals surface area contributed by atoms with Gasteiger partial charge in [-0.05, 0) is 42.9 Å². The van der Waals surface area contributed by atoms with Crippen molar-refractivity contribution in [2.75, 3.05) is 5.32 Å². The van der Waals surface area contributed by atoms with E-state index in [1.165, 1.54) is 30.0 Å². The third-order valence-corrected chi connectivity index (χ3v) is 4.27. The number of aliphatic imine (C=N–C) groups is 1. The molecule has 0 fully saturated rings. The lowest BCUT2D eigenvalue weighted by Crippen LogP contribution is -2.24. The Hall–Kier alpha value is -2.16. The molecule has 0 heterocycles. The molecule has 0 unspecified atom stereocenters. The minimum Gasteiger partial charge on any atom is -0.370 e. The Morgan fingerprint density at radius 1 is 1.16 bits per heavy atom. The average Bonchev–Trinajstić information content (AvgIpc) is 2.60. The van der Waals surface area contributed by atoms with E-state index in [0.717, 1.165) is 18.5 Å². The number of rotatable bonds is 4. The van der Waals surface area contributed by atoms with Crippen LogP contribution in [-0.4, -0.2) is 10.9 Å². The first kappa shape index (κ1) is 19.2. The number of aryl methyl sites for hydroxylation is 1. The Bertz CT molecular complexity index is 792. The second-order valence-corrected chi connectivity index (χ2v) is 5.86. The van der Waals surface area contributed by atoms with Gasteiger partial charge in [-0.2, -0.15) is 0 Å². The lowest BCUT2D eigenvalue weighted by Gasteiger charge is -2.19. The van der Waals surface area contributed by atoms with Crippen LogP contribution < -0.4 is 11.1 Å². The lowest BCUT2D eigenvalue weighted by molar-refractivity contribution is -0.385. The molecule has 0 aromatic heterocycles. The third-order valence-electron chi connectivity index (χ3n) is 4.27. The van der Waals surface area contributed by atoms with Gasteiger partial charge in [-0.3, -0.25) is 10.1 Å². The Morgan fingerprint density at radius 3 is 2.72 bits per heavy atom. The van der Waals surface area contributed by atoms with Crippen LogP contribution in [0.15, 0.2) is 47.5 Å². The zero-order valence-corrected chi connectivity index (χ0v) is 16.1. The third kappa shape index (κ3) is 4.68. The van der Waals surface area contributed by atoms with Crippen LogP contribution >= 0.6 is 24.0 Å². The van der Waals surface area contributed by atoms with Crippen LogP contribution in [-0.2, 0) is 19.4 Å². The number of benzene rings is 2. The smallest absolute Gasteiger partial charge is 0.274 e. The van der Waals surface area contributed by atoms with E-state index in [1.54, 1.807) is 18.2 Å². The zero-order chi connectivity index (χ0) is 16.9. The number of nitrogens with one attached hydrogen (secondary N) is 1. The van der Waals surface area contributed by atoms with E-state index in [4.69, 9.17) is 5.73 Å². The van der Waals surface area contributed by atoms with Gasteiger partial charge in [-0.15, -0.1) is 24.0 Å². The molecule has 3 N–H and O–H groups in total. The quantitative estimate of drug-likeness (QED) is 0.241. The highest BCUT2D eigenvalue weighted by atomic mass is 127. The normalized spacial score (nSPS) is 13.5. The number of anilines is 1. The zero-order valence-electron chi connectivity index (χ0n) is 13.8. The van der Waals surface area contributed by atoms with E-state index < -0.39 is 4.92 Å². The number of nitrogens with two attached hydrogens (primary N) is 1. The van der Waals surface area contributed by atoms with Crippen molar-refractivity contribution in [3.63, 3.8) is 0 Å². The number of hydrogen-bond donors (Lipinski definition) is 2. The topological polar surface area (TPSA) is 93.5 Å². The van der Waals surface area contributed by atoms with Crippen LogP contribution in [0.25, 0.3) is 0 Å². The Morgan fingerprint density at radius 2 is 1.92 bits per heavy atom. The predicted octanol–water partition coefficient (Wildman–Crippen LogP) is 4.02. The molecule has 0 bridgehead atoms. The standard InChI is InChI=1S/C18H20N4O2.HI/c19-18(20-12-14-7-2-4-11-17(14)22(23)24)21-16-10-5-8-13-6-1-3-9-15(13)16;/h2,4-5,7-8,10-11H,1,3,6,9,12H2,(H3,19,20,21);1H. The van der Waals surface area contributed by atoms with Gasteiger partial charge in [-0.1, -0.05) is 30.3 Å². The monoisotopic (exact) mass is 452 g/mol. The second kappa shape index (κ2) is 8.80. The lowest BCUT2D eigenvalue weighted by atomic mass is 9.90. The molecular weight excluding hydrogens is 431 g/mol. The Kier molecular flexibility index (Phi) is 6.74. The van der Waals surface area contributed by atoms with Gasteiger partial charge in [0.2, 0.25) is 0 Å². The first-order valence-electron chi connectivity index (χ1n) is 8.05. The molecule has 2 aromatic carbocycles. The number of para-hydroxylation sites is 1. The summed E-state index contributed by atoms with van der Waals surface area (Å²) in [5.74, 6) is 0.270. The van der Waals surface area contributed by atoms with E-state index >= 15 is 0 Å². The highest BCUT2D eigenvalue weighted by Gasteiger charge is 2.14. The summed E-state index contributed by atoms with van der Waals surface area (Å²) < 4.78 is 0. The molecule has 0 spiro atoms. The molecular formula is C18H21IN4O2. The summed E-state index contributed by atoms with van der Waals surface area (Å²) >= 11 is 0. The summed E-state index contributed by atoms with van der Waals surface area (Å²) in [6.45, 7) is 0.172. The minimum absolute atomic E-state index is 0. The molecule has 0 saturated carbocycles. The number of guanidine groups is 1. The maximum atomic E-state index is 11.0. The summed E-state index contributed by atoms with van der Waals surface area (Å²) in [5, 5.41) is 14.2. The van der Waals surface area contributed by atoms with Gasteiger partial charge >= 0.3 is 0 Å². The van der Waals surface area contributed by atoms with Gasteiger partial charge in [-0.25, -0.2) is 4.99 Å². The molecule has 132 valence electrons. The van der Waals surface area contributed by atoms with E-state index in [0.29, 0.717) is 5.56 Å². The fourth-order valence-corrected chi connectivity index (χ4v) is 3.07. The van der Waals surface area contributed by atoms with Crippen LogP contribution in [0.2, 0.25) is 0 Å². The van der Waals surface area contributed by atoms with E-state index in [9.17, 15) is 10.1 Å². The molecule has 3 rings (SSSR count). The molecule has 25 heavy (non-hydrogen) atoms. The summed E-state index contributed by atoms with van der Waals surface area (Å²) in [6.07, 6.45) is 4.53. The number of hydrogen-bond acceptors (Lipinski definition) is 3. The van der Waals surface area contributed by atoms with Crippen molar-refractivity contribution in [1.29, 1.82) is 0 Å². The largest absolute Gasteiger partial charge is 0.370 e. The van der Waals surface area contributed by atoms with Crippen molar-refractivity contribution >= 4 is 41.3 Å². The molecule has 1 aliphatic carbocycles. The molecule has 0 radical (unpaired) electrons. The molecule has 0 saturated heterocycles. The minimum atomic E-state index is -0.401. The van der Waals surface area contributed by atoms with Crippen molar-refractivity contribution in [2.45, 2.75) is 32.2 Å². The summed E-state index contributed by atoms with van der Waals surface area (Å²) in [4.78, 5) is 14.9. The Balaban J connectivity index is 0.00000225. The molecule has 0 aliphatic heterocycles. The van der Waals surface area contributed by atoms with Crippen LogP contribution in [0.5, 0.6) is 0 Å². The number of nitro groups is 1. The average molecular weight is 452 g/mol. The van der Waals surface area contributed by atoms with Crippen LogP contribution in [0, 0.1) is 10.1 Å². The van der Waals surface area contributed by atoms with Gasteiger partial charge in [0.05, 0.1) is 17.0 Å². The highest BCUT2D eigenvalue weighted by molar-refractivity contribution is 14.0. The molecule has 7 heteroatoms. The SMILES string of the molecule is I.NC(=NCc1ccccc1[N+](=O)[O-])Nc1cccc2c1CCCC2. The van der Waals surface area contributed by atoms with E-state index in [-0.39, 0.29) is 42.2 Å². The van der Waals surface area contributed by atoms with Crippen molar-refractivity contribution in [1.82, 2.24) is 0 Å². The molecule has 0 amide bonds. The van der Waals surface area contributed by atoms with Crippen molar-refractivity contribution in [3.05, 3.63) is 69.3 Å². The van der Waals surface area contributed by atoms with Crippen molar-refractivity contribution in [3.8, 4) is 0 Å². The predicted molar refractivity (Wildman–Crippen MR) is 111 cm³/mol. The highest BCUT2D eigenvalue weighted by Crippen LogP contribution is 2.27. The summed E-state index contributed by atoms with van der Waals surface area (Å²) in [5.41, 5.74) is 10.2. The summed E-state index contributed by atoms with van der Waals surface area (Å²) in [6, 6.07) is 12.7. The van der Waals surface area contributed by atoms with Crippen LogP contribution in [0.4, 0.5) is 11.4 Å². The molecule has 1 aliphatic rings. The van der Waals surface area contributed by atoms with Gasteiger partial charge in [0, 0.05) is 11.8 Å². The fourth-order valence-electron chi connectivity index (χ4n) is 3.07. The van der Waals surface area contributed by atoms with Gasteiger partial charge in [0.1, 0.15) is 0 Å². The van der Waals surface area contributed by atoms with Gasteiger partial charge in [0.15, 0.2) is 5.96 Å². The first-order valence-corrected chi connectivity index (χ1v) is 8.05. The van der Waals surface area contributed by atoms with Crippen LogP contribution in [0.1, 0.15) is 29.5 Å². The fraction of sp³-hybridized carbons (Fsp3) is 0.278. The number of nitrogens with zero attached hydrogens (tertiary/aromatic N) is 2. The Labute approximate surface area is 163 Å². The maximum absolute atomic E-state index is 11.0. The number of nitro benzene ring substituents is 1. The van der Waals surface area contributed by atoms with E-state index in [2.05, 4.69) is 16.4 Å². The van der Waals surface area contributed by atoms with Crippen molar-refractivity contribution < 1.29 is 4.92 Å². The van der Waals surface area contributed by atoms with Gasteiger partial charge < -0.3 is 11.1 Å². The maximum Gasteiger partial charge on any atom is 0.274 e. The van der Waals surface area contributed by atoms with E-state index in [1.807, 2.05) is 12.1 Å². The molecule has 2 aromatic rings. The van der Waals surface area contributed by atoms with Crippen LogP contribution in [0.3, 0.4) is 0 Å².